The molecule has 0 aromatic rings. The number of rotatable bonds is 13. The summed E-state index contributed by atoms with van der Waals surface area (Å²) in [6.45, 7) is 21.3. The zero-order chi connectivity index (χ0) is 39.4. The number of halogens is 3. The molecule has 4 saturated carbocycles. The Labute approximate surface area is 303 Å². The minimum atomic E-state index is -4.49. The number of oxime groups is 1. The molecule has 1 N–H and O–H groups in total. The minimum Gasteiger partial charge on any atom is -0.463 e. The fourth-order valence-electron chi connectivity index (χ4n) is 6.02. The standard InChI is InChI=1S/C16H26O2.C13H24N2O4.C9H15F3O2/c1-4-15(2,3)14(17)18-16-8-11-5-12(9-16)7-13(6-11)10-16;1-6-10(3)15-19-12(17)14-8-9-18-11(16)13(4,5)7-2;1-5-8(3,4)7(13)14-6(2)9(10,11)12/h11-13H,4-10H2,1-3H3;6-9H2,1-5H3,(H,14,17);6H,5H2,1-4H3/b;15-10-;. The van der Waals surface area contributed by atoms with Crippen LogP contribution in [0.1, 0.15) is 147 Å². The molecular formula is C38H65F3N2O8. The summed E-state index contributed by atoms with van der Waals surface area (Å²) in [7, 11) is 0. The average Bonchev–Trinajstić information content (AvgIpc) is 3.04. The topological polar surface area (TPSA) is 130 Å². The minimum absolute atomic E-state index is 0.0342. The van der Waals surface area contributed by atoms with Crippen LogP contribution in [0.2, 0.25) is 0 Å². The van der Waals surface area contributed by atoms with Crippen LogP contribution in [0.15, 0.2) is 5.16 Å². The lowest BCUT2D eigenvalue weighted by molar-refractivity contribution is -0.221. The highest BCUT2D eigenvalue weighted by molar-refractivity contribution is 5.82. The number of hydrogen-bond acceptors (Lipinski definition) is 9. The van der Waals surface area contributed by atoms with Gasteiger partial charge in [-0.3, -0.25) is 19.2 Å². The second-order valence-electron chi connectivity index (χ2n) is 16.4. The summed E-state index contributed by atoms with van der Waals surface area (Å²) < 4.78 is 51.5. The predicted octanol–water partition coefficient (Wildman–Crippen LogP) is 9.33. The summed E-state index contributed by atoms with van der Waals surface area (Å²) in [6.07, 6.45) is 3.16. The van der Waals surface area contributed by atoms with Crippen molar-refractivity contribution in [2.24, 2.45) is 39.2 Å². The number of hydrogen-bond donors (Lipinski definition) is 1. The molecule has 0 spiro atoms. The third-order valence-corrected chi connectivity index (χ3v) is 10.7. The van der Waals surface area contributed by atoms with Gasteiger partial charge >= 0.3 is 30.2 Å². The fraction of sp³-hybridized carbons (Fsp3) is 0.868. The molecule has 51 heavy (non-hydrogen) atoms. The Balaban J connectivity index is 0.000000388. The number of alkyl halides is 3. The van der Waals surface area contributed by atoms with E-state index in [1.54, 1.807) is 27.7 Å². The Hall–Kier alpha value is -2.86. The zero-order valence-corrected chi connectivity index (χ0v) is 33.1. The molecule has 4 aliphatic carbocycles. The number of nitrogens with zero attached hydrogens (tertiary/aromatic N) is 1. The molecule has 4 fully saturated rings. The van der Waals surface area contributed by atoms with Gasteiger partial charge in [-0.25, -0.2) is 4.79 Å². The number of carbonyl (C=O) groups excluding carboxylic acids is 4. The van der Waals surface area contributed by atoms with E-state index in [4.69, 9.17) is 9.47 Å². The molecule has 0 aliphatic heterocycles. The molecule has 0 aromatic heterocycles. The van der Waals surface area contributed by atoms with Gasteiger partial charge in [-0.2, -0.15) is 13.2 Å². The first-order valence-electron chi connectivity index (χ1n) is 18.5. The maximum absolute atomic E-state index is 12.4. The van der Waals surface area contributed by atoms with Gasteiger partial charge in [-0.15, -0.1) is 0 Å². The van der Waals surface area contributed by atoms with E-state index in [2.05, 4.69) is 27.0 Å². The van der Waals surface area contributed by atoms with Crippen LogP contribution in [0.5, 0.6) is 0 Å². The molecule has 0 saturated heterocycles. The second kappa shape index (κ2) is 19.3. The van der Waals surface area contributed by atoms with E-state index >= 15 is 0 Å². The highest BCUT2D eigenvalue weighted by Crippen LogP contribution is 2.57. The number of nitrogens with one attached hydrogen (secondary N) is 1. The van der Waals surface area contributed by atoms with E-state index in [1.807, 2.05) is 41.5 Å². The largest absolute Gasteiger partial charge is 0.463 e. The van der Waals surface area contributed by atoms with Crippen molar-refractivity contribution in [1.82, 2.24) is 5.32 Å². The van der Waals surface area contributed by atoms with Crippen molar-refractivity contribution in [3.63, 3.8) is 0 Å². The van der Waals surface area contributed by atoms with Crippen LogP contribution in [-0.4, -0.2) is 60.7 Å². The summed E-state index contributed by atoms with van der Waals surface area (Å²) >= 11 is 0. The van der Waals surface area contributed by atoms with Crippen molar-refractivity contribution in [1.29, 1.82) is 0 Å². The smallest absolute Gasteiger partial charge is 0.433 e. The van der Waals surface area contributed by atoms with Gasteiger partial charge in [-0.1, -0.05) is 32.9 Å². The van der Waals surface area contributed by atoms with E-state index in [0.29, 0.717) is 12.8 Å². The molecule has 13 heteroatoms. The molecule has 10 nitrogen and oxygen atoms in total. The lowest BCUT2D eigenvalue weighted by Crippen LogP contribution is -2.53. The van der Waals surface area contributed by atoms with Crippen molar-refractivity contribution in [3.05, 3.63) is 0 Å². The summed E-state index contributed by atoms with van der Waals surface area (Å²) in [5, 5.41) is 6.05. The summed E-state index contributed by atoms with van der Waals surface area (Å²) in [5.74, 6) is 1.47. The van der Waals surface area contributed by atoms with Crippen LogP contribution in [0.25, 0.3) is 0 Å². The number of ether oxygens (including phenoxy) is 3. The second-order valence-corrected chi connectivity index (χ2v) is 16.4. The Morgan fingerprint density at radius 1 is 0.765 bits per heavy atom. The Kier molecular flexibility index (Phi) is 17.5. The van der Waals surface area contributed by atoms with Gasteiger partial charge in [0.25, 0.3) is 0 Å². The Bertz CT molecular complexity index is 1160. The molecule has 4 bridgehead atoms. The summed E-state index contributed by atoms with van der Waals surface area (Å²) in [6, 6.07) is 0. The molecule has 0 radical (unpaired) electrons. The van der Waals surface area contributed by atoms with E-state index in [-0.39, 0.29) is 36.1 Å². The molecule has 0 aromatic carbocycles. The van der Waals surface area contributed by atoms with Gasteiger partial charge in [0.2, 0.25) is 0 Å². The van der Waals surface area contributed by atoms with Crippen LogP contribution in [0.3, 0.4) is 0 Å². The molecule has 4 aliphatic rings. The van der Waals surface area contributed by atoms with Crippen LogP contribution < -0.4 is 5.32 Å². The molecule has 4 rings (SSSR count). The van der Waals surface area contributed by atoms with E-state index in [0.717, 1.165) is 62.5 Å². The molecule has 0 heterocycles. The van der Waals surface area contributed by atoms with Crippen LogP contribution in [-0.2, 0) is 33.4 Å². The third-order valence-electron chi connectivity index (χ3n) is 10.7. The van der Waals surface area contributed by atoms with Gasteiger partial charge in [0.1, 0.15) is 12.2 Å². The van der Waals surface area contributed by atoms with Crippen molar-refractivity contribution in [2.45, 2.75) is 165 Å². The van der Waals surface area contributed by atoms with Crippen LogP contribution >= 0.6 is 0 Å². The first-order valence-corrected chi connectivity index (χ1v) is 18.5. The first-order chi connectivity index (χ1) is 23.4. The Morgan fingerprint density at radius 3 is 1.61 bits per heavy atom. The fourth-order valence-corrected chi connectivity index (χ4v) is 6.02. The van der Waals surface area contributed by atoms with E-state index < -0.39 is 35.2 Å². The first kappa shape index (κ1) is 46.2. The molecular weight excluding hydrogens is 669 g/mol. The average molecular weight is 735 g/mol. The van der Waals surface area contributed by atoms with Crippen LogP contribution in [0, 0.1) is 34.0 Å². The number of amides is 1. The molecule has 1 atom stereocenters. The molecule has 296 valence electrons. The lowest BCUT2D eigenvalue weighted by atomic mass is 9.54. The highest BCUT2D eigenvalue weighted by atomic mass is 19.4. The van der Waals surface area contributed by atoms with Crippen molar-refractivity contribution in [2.75, 3.05) is 13.2 Å². The normalized spacial score (nSPS) is 23.4. The van der Waals surface area contributed by atoms with Gasteiger partial charge in [-0.05, 0) is 137 Å². The maximum atomic E-state index is 12.4. The van der Waals surface area contributed by atoms with Gasteiger partial charge < -0.3 is 19.5 Å². The SMILES string of the molecule is CC/C(C)=N\OC(=O)NCCOC(=O)C(C)(C)CC.CCC(C)(C)C(=O)OC(C)C(F)(F)F.CCC(C)(C)C(=O)OC12CC3CC(CC(C3)C1)C2. The zero-order valence-electron chi connectivity index (χ0n) is 33.1. The van der Waals surface area contributed by atoms with Crippen molar-refractivity contribution < 1.29 is 51.4 Å². The lowest BCUT2D eigenvalue weighted by Gasteiger charge is -2.56. The van der Waals surface area contributed by atoms with Gasteiger partial charge in [0.05, 0.1) is 28.5 Å². The van der Waals surface area contributed by atoms with Crippen LogP contribution in [0.4, 0.5) is 18.0 Å². The highest BCUT2D eigenvalue weighted by Gasteiger charge is 2.54. The number of carbonyl (C=O) groups is 4. The predicted molar refractivity (Wildman–Crippen MR) is 190 cm³/mol. The van der Waals surface area contributed by atoms with Crippen molar-refractivity contribution in [3.8, 4) is 0 Å². The monoisotopic (exact) mass is 734 g/mol. The van der Waals surface area contributed by atoms with Gasteiger partial charge in [0, 0.05) is 0 Å². The quantitative estimate of drug-likeness (QED) is 0.0495. The summed E-state index contributed by atoms with van der Waals surface area (Å²) in [4.78, 5) is 51.0. The van der Waals surface area contributed by atoms with E-state index in [9.17, 15) is 32.3 Å². The third kappa shape index (κ3) is 15.0. The maximum Gasteiger partial charge on any atom is 0.433 e. The summed E-state index contributed by atoms with van der Waals surface area (Å²) in [5.41, 5.74) is -1.02. The van der Waals surface area contributed by atoms with Crippen molar-refractivity contribution >= 4 is 29.7 Å². The van der Waals surface area contributed by atoms with Gasteiger partial charge in [0.15, 0.2) is 6.10 Å². The molecule has 1 amide bonds. The Morgan fingerprint density at radius 2 is 1.20 bits per heavy atom. The molecule has 1 unspecified atom stereocenters. The number of esters is 3. The van der Waals surface area contributed by atoms with E-state index in [1.165, 1.54) is 19.3 Å².